The summed E-state index contributed by atoms with van der Waals surface area (Å²) >= 11 is 0. The number of furan rings is 1. The Morgan fingerprint density at radius 1 is 0.391 bits per heavy atom. The molecule has 64 heavy (non-hydrogen) atoms. The molecule has 2 nitrogen and oxygen atoms in total. The van der Waals surface area contributed by atoms with Crippen molar-refractivity contribution < 1.29 is 4.42 Å². The fraction of sp³-hybridized carbons (Fsp3) is 0.0645. The smallest absolute Gasteiger partial charge is 0.143 e. The van der Waals surface area contributed by atoms with Crippen LogP contribution in [-0.2, 0) is 10.8 Å². The molecule has 0 aliphatic heterocycles. The first-order valence-electron chi connectivity index (χ1n) is 22.6. The Hall–Kier alpha value is -7.94. The number of rotatable bonds is 3. The van der Waals surface area contributed by atoms with Crippen molar-refractivity contribution in [1.29, 1.82) is 0 Å². The average Bonchev–Trinajstić information content (AvgIpc) is 4.13. The summed E-state index contributed by atoms with van der Waals surface area (Å²) in [7, 11) is 0. The third-order valence-electron chi connectivity index (χ3n) is 15.6. The van der Waals surface area contributed by atoms with Crippen LogP contribution in [0.3, 0.4) is 0 Å². The Kier molecular flexibility index (Phi) is 6.69. The van der Waals surface area contributed by atoms with Crippen LogP contribution in [0.25, 0.3) is 55.3 Å². The lowest BCUT2D eigenvalue weighted by Gasteiger charge is -2.36. The maximum atomic E-state index is 6.81. The topological polar surface area (TPSA) is 16.4 Å². The largest absolute Gasteiger partial charge is 0.455 e. The Bertz CT molecular complexity index is 3650. The van der Waals surface area contributed by atoms with Crippen molar-refractivity contribution in [3.63, 3.8) is 0 Å². The second-order valence-electron chi connectivity index (χ2n) is 18.2. The minimum atomic E-state index is -0.428. The highest BCUT2D eigenvalue weighted by atomic mass is 16.3. The zero-order valence-electron chi connectivity index (χ0n) is 34.9. The van der Waals surface area contributed by atoms with Gasteiger partial charge in [-0.3, -0.25) is 0 Å². The molecule has 15 rings (SSSR count). The van der Waals surface area contributed by atoms with Gasteiger partial charge >= 0.3 is 0 Å². The van der Waals surface area contributed by atoms with Crippen LogP contribution in [0.1, 0.15) is 50.4 Å². The van der Waals surface area contributed by atoms with E-state index in [0.29, 0.717) is 0 Å². The number of anilines is 3. The van der Waals surface area contributed by atoms with Crippen molar-refractivity contribution in [2.45, 2.75) is 16.7 Å². The van der Waals surface area contributed by atoms with Gasteiger partial charge in [-0.05, 0) is 115 Å². The van der Waals surface area contributed by atoms with Gasteiger partial charge in [0.05, 0.1) is 10.8 Å². The summed E-state index contributed by atoms with van der Waals surface area (Å²) in [6, 6.07) is 75.1. The summed E-state index contributed by atoms with van der Waals surface area (Å²) in [5.74, 6) is 0.380. The summed E-state index contributed by atoms with van der Waals surface area (Å²) in [6.45, 7) is 0. The molecular formula is C62H39NO. The van der Waals surface area contributed by atoms with Crippen molar-refractivity contribution in [2.24, 2.45) is 5.92 Å². The van der Waals surface area contributed by atoms with E-state index in [-0.39, 0.29) is 17.3 Å². The van der Waals surface area contributed by atoms with Crippen molar-refractivity contribution in [2.75, 3.05) is 4.90 Å². The molecule has 0 saturated heterocycles. The molecule has 0 amide bonds. The van der Waals surface area contributed by atoms with Crippen molar-refractivity contribution in [1.82, 2.24) is 0 Å². The van der Waals surface area contributed by atoms with Gasteiger partial charge in [-0.2, -0.15) is 0 Å². The maximum Gasteiger partial charge on any atom is 0.143 e. The van der Waals surface area contributed by atoms with E-state index >= 15 is 0 Å². The van der Waals surface area contributed by atoms with Crippen LogP contribution in [0.5, 0.6) is 0 Å². The molecule has 5 aliphatic carbocycles. The minimum absolute atomic E-state index is 0.187. The molecule has 0 bridgehead atoms. The van der Waals surface area contributed by atoms with Gasteiger partial charge in [0.1, 0.15) is 11.2 Å². The molecular weight excluding hydrogens is 775 g/mol. The predicted octanol–water partition coefficient (Wildman–Crippen LogP) is 15.6. The van der Waals surface area contributed by atoms with Crippen LogP contribution in [-0.4, -0.2) is 0 Å². The van der Waals surface area contributed by atoms with Gasteiger partial charge in [0.15, 0.2) is 0 Å². The van der Waals surface area contributed by atoms with E-state index in [4.69, 9.17) is 4.42 Å². The lowest BCUT2D eigenvalue weighted by molar-refractivity contribution is 0.465. The molecule has 10 aromatic rings. The van der Waals surface area contributed by atoms with Gasteiger partial charge in [0, 0.05) is 45.2 Å². The molecule has 2 spiro atoms. The highest BCUT2D eigenvalue weighted by Crippen LogP contribution is 2.67. The second kappa shape index (κ2) is 12.4. The van der Waals surface area contributed by atoms with E-state index in [0.717, 1.165) is 33.6 Å². The van der Waals surface area contributed by atoms with Gasteiger partial charge in [0.2, 0.25) is 0 Å². The lowest BCUT2D eigenvalue weighted by atomic mass is 9.65. The van der Waals surface area contributed by atoms with Crippen LogP contribution >= 0.6 is 0 Å². The molecule has 3 unspecified atom stereocenters. The molecule has 1 aromatic heterocycles. The molecule has 9 aromatic carbocycles. The first-order valence-corrected chi connectivity index (χ1v) is 22.6. The summed E-state index contributed by atoms with van der Waals surface area (Å²) in [5.41, 5.74) is 23.1. The Balaban J connectivity index is 0.964. The third-order valence-corrected chi connectivity index (χ3v) is 15.6. The first-order chi connectivity index (χ1) is 31.8. The molecule has 0 saturated carbocycles. The number of nitrogens with zero attached hydrogens (tertiary/aromatic N) is 1. The monoisotopic (exact) mass is 813 g/mol. The fourth-order valence-electron chi connectivity index (χ4n) is 13.3. The quantitative estimate of drug-likeness (QED) is 0.177. The summed E-state index contributed by atoms with van der Waals surface area (Å²) in [4.78, 5) is 2.49. The number of para-hydroxylation sites is 2. The Morgan fingerprint density at radius 2 is 0.969 bits per heavy atom. The number of hydrogen-bond donors (Lipinski definition) is 0. The van der Waals surface area contributed by atoms with Gasteiger partial charge in [-0.1, -0.05) is 182 Å². The molecule has 1 heterocycles. The number of benzene rings is 9. The van der Waals surface area contributed by atoms with Crippen LogP contribution in [0.4, 0.5) is 17.1 Å². The third kappa shape index (κ3) is 4.08. The van der Waals surface area contributed by atoms with Crippen molar-refractivity contribution >= 4 is 39.0 Å². The van der Waals surface area contributed by atoms with E-state index in [2.05, 4.69) is 229 Å². The number of fused-ring (bicyclic) bond motifs is 24. The van der Waals surface area contributed by atoms with Gasteiger partial charge in [-0.25, -0.2) is 0 Å². The summed E-state index contributed by atoms with van der Waals surface area (Å²) < 4.78 is 6.81. The van der Waals surface area contributed by atoms with Crippen LogP contribution < -0.4 is 4.90 Å². The Labute approximate surface area is 371 Å². The lowest BCUT2D eigenvalue weighted by Crippen LogP contribution is -2.32. The predicted molar refractivity (Wildman–Crippen MR) is 261 cm³/mol. The average molecular weight is 814 g/mol. The SMILES string of the molecule is C1=CC2c3cc(N(c4ccccc4)c4ccc5c(c4)C4(c6ccccc6-c6ccccc64)c4ccccc4-5)ccc3C3(c4ccccc4-c4c3ccc3c4oc4ccccc43)C2C=C1. The Morgan fingerprint density at radius 3 is 1.72 bits per heavy atom. The molecule has 0 radical (unpaired) electrons. The highest BCUT2D eigenvalue weighted by molar-refractivity contribution is 6.12. The van der Waals surface area contributed by atoms with Gasteiger partial charge in [0.25, 0.3) is 0 Å². The normalized spacial score (nSPS) is 19.3. The number of hydrogen-bond acceptors (Lipinski definition) is 2. The zero-order valence-corrected chi connectivity index (χ0v) is 34.9. The standard InChI is InChI=1S/C62H39NO/c1-2-16-38(17-3-1)63(40-30-32-45-43-20-6-12-26-52(43)62(57(45)37-40)50-24-10-4-18-41(50)42-19-5-11-25-51(42)62)39-31-34-55-49(36-39)44-21-7-13-27-53(44)61(55)54-28-14-8-23-48(54)59-56(61)35-33-47-46-22-9-15-29-58(46)64-60(47)59/h1-37,44,53H. The molecule has 5 aliphatic rings. The number of allylic oxidation sites excluding steroid dienone is 4. The summed E-state index contributed by atoms with van der Waals surface area (Å²) in [6.07, 6.45) is 9.44. The molecule has 2 heteroatoms. The van der Waals surface area contributed by atoms with E-state index in [1.807, 2.05) is 0 Å². The van der Waals surface area contributed by atoms with Crippen molar-refractivity contribution in [3.05, 3.63) is 269 Å². The second-order valence-corrected chi connectivity index (χ2v) is 18.2. The minimum Gasteiger partial charge on any atom is -0.455 e. The van der Waals surface area contributed by atoms with E-state index in [9.17, 15) is 0 Å². The van der Waals surface area contributed by atoms with Gasteiger partial charge < -0.3 is 9.32 Å². The van der Waals surface area contributed by atoms with Crippen molar-refractivity contribution in [3.8, 4) is 33.4 Å². The summed E-state index contributed by atoms with van der Waals surface area (Å²) in [5, 5.41) is 2.34. The zero-order chi connectivity index (χ0) is 41.7. The van der Waals surface area contributed by atoms with E-state index in [1.54, 1.807) is 0 Å². The first kappa shape index (κ1) is 34.6. The van der Waals surface area contributed by atoms with Gasteiger partial charge in [-0.15, -0.1) is 0 Å². The molecule has 298 valence electrons. The molecule has 0 N–H and O–H groups in total. The maximum absolute atomic E-state index is 6.81. The van der Waals surface area contributed by atoms with E-state index < -0.39 is 5.41 Å². The van der Waals surface area contributed by atoms with E-state index in [1.165, 1.54) is 83.3 Å². The molecule has 3 atom stereocenters. The van der Waals surface area contributed by atoms with Crippen LogP contribution in [0, 0.1) is 5.92 Å². The van der Waals surface area contributed by atoms with Crippen LogP contribution in [0.2, 0.25) is 0 Å². The molecule has 0 fully saturated rings. The highest BCUT2D eigenvalue weighted by Gasteiger charge is 2.58. The fourth-order valence-corrected chi connectivity index (χ4v) is 13.3. The van der Waals surface area contributed by atoms with Crippen LogP contribution in [0.15, 0.2) is 229 Å².